The summed E-state index contributed by atoms with van der Waals surface area (Å²) in [6.45, 7) is 3.28. The van der Waals surface area contributed by atoms with Crippen LogP contribution in [0.2, 0.25) is 5.02 Å². The zero-order chi connectivity index (χ0) is 15.2. The first-order chi connectivity index (χ1) is 9.90. The number of rotatable bonds is 3. The number of thiazole rings is 1. The van der Waals surface area contributed by atoms with E-state index in [1.807, 2.05) is 6.07 Å². The van der Waals surface area contributed by atoms with Crippen molar-refractivity contribution in [1.82, 2.24) is 15.2 Å². The molecule has 0 saturated carbocycles. The van der Waals surface area contributed by atoms with Gasteiger partial charge in [0.05, 0.1) is 32.3 Å². The van der Waals surface area contributed by atoms with Gasteiger partial charge in [0.1, 0.15) is 10.4 Å². The highest BCUT2D eigenvalue weighted by Gasteiger charge is 2.24. The lowest BCUT2D eigenvalue weighted by atomic mass is 10.3. The molecule has 0 aliphatic heterocycles. The number of fused-ring (bicyclic) bond motifs is 1. The summed E-state index contributed by atoms with van der Waals surface area (Å²) < 4.78 is 28.5. The van der Waals surface area contributed by atoms with Crippen LogP contribution in [-0.2, 0) is 10.0 Å². The van der Waals surface area contributed by atoms with Crippen molar-refractivity contribution in [2.75, 3.05) is 4.72 Å². The minimum absolute atomic E-state index is 0.130. The summed E-state index contributed by atoms with van der Waals surface area (Å²) in [6, 6.07) is 3.45. The average molecular weight is 343 g/mol. The van der Waals surface area contributed by atoms with Gasteiger partial charge in [0, 0.05) is 0 Å². The van der Waals surface area contributed by atoms with Crippen molar-refractivity contribution >= 4 is 48.9 Å². The van der Waals surface area contributed by atoms with Gasteiger partial charge in [-0.3, -0.25) is 9.82 Å². The van der Waals surface area contributed by atoms with Crippen molar-refractivity contribution in [3.05, 3.63) is 34.1 Å². The lowest BCUT2D eigenvalue weighted by Gasteiger charge is -2.10. The normalized spacial score (nSPS) is 12.0. The second-order valence-corrected chi connectivity index (χ2v) is 7.40. The molecule has 6 nitrogen and oxygen atoms in total. The first-order valence-electron chi connectivity index (χ1n) is 5.96. The molecule has 0 radical (unpaired) electrons. The number of benzene rings is 1. The van der Waals surface area contributed by atoms with E-state index in [1.165, 1.54) is 11.3 Å². The molecule has 0 saturated heterocycles. The Morgan fingerprint density at radius 3 is 2.76 bits per heavy atom. The molecule has 110 valence electrons. The number of nitrogens with zero attached hydrogens (tertiary/aromatic N) is 2. The highest BCUT2D eigenvalue weighted by Crippen LogP contribution is 2.34. The van der Waals surface area contributed by atoms with Gasteiger partial charge in [0.15, 0.2) is 0 Å². The van der Waals surface area contributed by atoms with Crippen molar-refractivity contribution < 1.29 is 8.42 Å². The Bertz CT molecular complexity index is 911. The zero-order valence-electron chi connectivity index (χ0n) is 11.1. The van der Waals surface area contributed by atoms with Crippen LogP contribution >= 0.6 is 22.9 Å². The summed E-state index contributed by atoms with van der Waals surface area (Å²) in [5, 5.41) is 6.87. The van der Waals surface area contributed by atoms with Gasteiger partial charge < -0.3 is 0 Å². The van der Waals surface area contributed by atoms with Crippen LogP contribution < -0.4 is 4.72 Å². The van der Waals surface area contributed by atoms with Crippen LogP contribution in [0.15, 0.2) is 22.5 Å². The average Bonchev–Trinajstić information content (AvgIpc) is 3.00. The Morgan fingerprint density at radius 1 is 1.33 bits per heavy atom. The lowest BCUT2D eigenvalue weighted by molar-refractivity contribution is 0.600. The van der Waals surface area contributed by atoms with Gasteiger partial charge in [-0.25, -0.2) is 13.4 Å². The smallest absolute Gasteiger partial charge is 0.265 e. The monoisotopic (exact) mass is 342 g/mol. The van der Waals surface area contributed by atoms with Crippen molar-refractivity contribution in [3.63, 3.8) is 0 Å². The summed E-state index contributed by atoms with van der Waals surface area (Å²) in [7, 11) is -3.79. The molecule has 0 unspecified atom stereocenters. The molecule has 0 bridgehead atoms. The van der Waals surface area contributed by atoms with E-state index >= 15 is 0 Å². The van der Waals surface area contributed by atoms with Crippen LogP contribution in [0.3, 0.4) is 0 Å². The minimum atomic E-state index is -3.79. The molecule has 3 rings (SSSR count). The summed E-state index contributed by atoms with van der Waals surface area (Å²) >= 11 is 7.54. The zero-order valence-corrected chi connectivity index (χ0v) is 13.5. The topological polar surface area (TPSA) is 87.7 Å². The summed E-state index contributed by atoms with van der Waals surface area (Å²) in [5.41, 5.74) is 3.35. The van der Waals surface area contributed by atoms with Crippen LogP contribution in [-0.4, -0.2) is 23.6 Å². The third kappa shape index (κ3) is 2.39. The fraction of sp³-hybridized carbons (Fsp3) is 0.167. The molecule has 0 atom stereocenters. The maximum absolute atomic E-state index is 12.6. The van der Waals surface area contributed by atoms with Crippen molar-refractivity contribution in [2.24, 2.45) is 0 Å². The van der Waals surface area contributed by atoms with Gasteiger partial charge in [-0.15, -0.1) is 11.3 Å². The standard InChI is InChI=1S/C12H11ClN4O2S2/c1-6-12(7(2)16-15-6)21(18,19)17-10-8(13)3-4-9-11(10)14-5-20-9/h3-5,17H,1-2H3,(H,15,16). The Hall–Kier alpha value is -1.64. The number of hydrogen-bond donors (Lipinski definition) is 2. The second kappa shape index (κ2) is 4.97. The Kier molecular flexibility index (Phi) is 3.39. The third-order valence-electron chi connectivity index (χ3n) is 3.02. The highest BCUT2D eigenvalue weighted by molar-refractivity contribution is 7.92. The van der Waals surface area contributed by atoms with Gasteiger partial charge in [-0.1, -0.05) is 11.6 Å². The van der Waals surface area contributed by atoms with E-state index in [-0.39, 0.29) is 10.6 Å². The summed E-state index contributed by atoms with van der Waals surface area (Å²) in [5.74, 6) is 0. The Morgan fingerprint density at radius 2 is 2.10 bits per heavy atom. The second-order valence-electron chi connectivity index (χ2n) is 4.49. The molecule has 2 heterocycles. The number of H-pyrrole nitrogens is 1. The van der Waals surface area contributed by atoms with Gasteiger partial charge >= 0.3 is 0 Å². The molecule has 2 N–H and O–H groups in total. The largest absolute Gasteiger partial charge is 0.281 e. The van der Waals surface area contributed by atoms with Gasteiger partial charge in [-0.05, 0) is 26.0 Å². The molecule has 0 spiro atoms. The fourth-order valence-electron chi connectivity index (χ4n) is 2.13. The third-order valence-corrected chi connectivity index (χ3v) is 5.74. The predicted octanol–water partition coefficient (Wildman–Crippen LogP) is 3.09. The molecule has 3 aromatic rings. The number of aryl methyl sites for hydroxylation is 2. The fourth-order valence-corrected chi connectivity index (χ4v) is 4.53. The van der Waals surface area contributed by atoms with Crippen molar-refractivity contribution in [3.8, 4) is 0 Å². The first kappa shape index (κ1) is 14.3. The summed E-state index contributed by atoms with van der Waals surface area (Å²) in [4.78, 5) is 4.30. The SMILES string of the molecule is Cc1n[nH]c(C)c1S(=O)(=O)Nc1c(Cl)ccc2scnc12. The van der Waals surface area contributed by atoms with E-state index in [9.17, 15) is 8.42 Å². The molecule has 0 aliphatic carbocycles. The number of anilines is 1. The molecule has 0 fully saturated rings. The van der Waals surface area contributed by atoms with Crippen LogP contribution in [0, 0.1) is 13.8 Å². The number of sulfonamides is 1. The summed E-state index contributed by atoms with van der Waals surface area (Å²) in [6.07, 6.45) is 0. The van der Waals surface area contributed by atoms with Gasteiger partial charge in [0.2, 0.25) is 0 Å². The van der Waals surface area contributed by atoms with E-state index in [0.29, 0.717) is 21.9 Å². The van der Waals surface area contributed by atoms with E-state index < -0.39 is 10.0 Å². The van der Waals surface area contributed by atoms with E-state index in [4.69, 9.17) is 11.6 Å². The maximum Gasteiger partial charge on any atom is 0.265 e. The van der Waals surface area contributed by atoms with Crippen LogP contribution in [0.25, 0.3) is 10.2 Å². The maximum atomic E-state index is 12.6. The number of aromatic amines is 1. The predicted molar refractivity (Wildman–Crippen MR) is 83.5 cm³/mol. The van der Waals surface area contributed by atoms with E-state index in [2.05, 4.69) is 19.9 Å². The molecule has 0 amide bonds. The lowest BCUT2D eigenvalue weighted by Crippen LogP contribution is -2.15. The van der Waals surface area contributed by atoms with E-state index in [0.717, 1.165) is 4.70 Å². The number of aromatic nitrogens is 3. The van der Waals surface area contributed by atoms with E-state index in [1.54, 1.807) is 25.4 Å². The Labute approximate surface area is 130 Å². The quantitative estimate of drug-likeness (QED) is 0.765. The number of halogens is 1. The Balaban J connectivity index is 2.14. The van der Waals surface area contributed by atoms with Gasteiger partial charge in [-0.2, -0.15) is 5.10 Å². The molecule has 0 aliphatic rings. The molecular formula is C12H11ClN4O2S2. The van der Waals surface area contributed by atoms with Crippen LogP contribution in [0.5, 0.6) is 0 Å². The number of hydrogen-bond acceptors (Lipinski definition) is 5. The molecule has 1 aromatic carbocycles. The molecule has 2 aromatic heterocycles. The van der Waals surface area contributed by atoms with Crippen LogP contribution in [0.1, 0.15) is 11.4 Å². The minimum Gasteiger partial charge on any atom is -0.281 e. The van der Waals surface area contributed by atoms with Crippen molar-refractivity contribution in [2.45, 2.75) is 18.7 Å². The molecular weight excluding hydrogens is 332 g/mol. The molecule has 9 heteroatoms. The molecule has 21 heavy (non-hydrogen) atoms. The van der Waals surface area contributed by atoms with Crippen molar-refractivity contribution in [1.29, 1.82) is 0 Å². The number of nitrogens with one attached hydrogen (secondary N) is 2. The van der Waals surface area contributed by atoms with Gasteiger partial charge in [0.25, 0.3) is 10.0 Å². The highest BCUT2D eigenvalue weighted by atomic mass is 35.5. The first-order valence-corrected chi connectivity index (χ1v) is 8.70. The van der Waals surface area contributed by atoms with Crippen LogP contribution in [0.4, 0.5) is 5.69 Å².